The molecular weight excluding hydrogens is 446 g/mol. The van der Waals surface area contributed by atoms with Gasteiger partial charge in [0.2, 0.25) is 0 Å². The van der Waals surface area contributed by atoms with Gasteiger partial charge in [-0.05, 0) is 44.2 Å². The number of nitrogens with zero attached hydrogens (tertiary/aromatic N) is 4. The summed E-state index contributed by atoms with van der Waals surface area (Å²) in [5.74, 6) is 0.398. The number of anilines is 1. The van der Waals surface area contributed by atoms with Crippen LogP contribution >= 0.6 is 11.6 Å². The van der Waals surface area contributed by atoms with Crippen molar-refractivity contribution in [3.8, 4) is 5.75 Å². The van der Waals surface area contributed by atoms with Crippen LogP contribution in [0.25, 0.3) is 21.9 Å². The van der Waals surface area contributed by atoms with Crippen molar-refractivity contribution in [1.29, 1.82) is 0 Å². The molecule has 1 aromatic carbocycles. The van der Waals surface area contributed by atoms with Crippen LogP contribution in [-0.4, -0.2) is 50.2 Å². The average molecular weight is 468 g/mol. The van der Waals surface area contributed by atoms with Crippen LogP contribution in [-0.2, 0) is 14.2 Å². The number of benzene rings is 1. The van der Waals surface area contributed by atoms with Gasteiger partial charge >= 0.3 is 0 Å². The zero-order valence-corrected chi connectivity index (χ0v) is 18.8. The van der Waals surface area contributed by atoms with Crippen molar-refractivity contribution in [3.63, 3.8) is 0 Å². The molecule has 33 heavy (non-hydrogen) atoms. The Kier molecular flexibility index (Phi) is 4.70. The first-order valence-electron chi connectivity index (χ1n) is 10.7. The van der Waals surface area contributed by atoms with E-state index in [1.54, 1.807) is 6.07 Å². The van der Waals surface area contributed by atoms with Crippen LogP contribution in [0.4, 0.5) is 5.82 Å². The molecule has 6 rings (SSSR count). The maximum atomic E-state index is 6.39. The normalized spacial score (nSPS) is 26.2. The third kappa shape index (κ3) is 3.57. The van der Waals surface area contributed by atoms with Gasteiger partial charge in [0, 0.05) is 17.6 Å². The van der Waals surface area contributed by atoms with E-state index in [0.717, 1.165) is 16.3 Å². The van der Waals surface area contributed by atoms with Gasteiger partial charge in [-0.3, -0.25) is 0 Å². The largest absolute Gasteiger partial charge is 0.491 e. The van der Waals surface area contributed by atoms with Gasteiger partial charge < -0.3 is 29.2 Å². The number of fused-ring (bicyclic) bond motifs is 3. The Labute approximate surface area is 194 Å². The minimum atomic E-state index is -0.740. The van der Waals surface area contributed by atoms with Gasteiger partial charge in [-0.25, -0.2) is 15.0 Å². The molecule has 0 radical (unpaired) electrons. The van der Waals surface area contributed by atoms with Crippen molar-refractivity contribution in [3.05, 3.63) is 54.1 Å². The van der Waals surface area contributed by atoms with Crippen molar-refractivity contribution in [1.82, 2.24) is 19.5 Å². The van der Waals surface area contributed by atoms with Gasteiger partial charge in [0.1, 0.15) is 53.6 Å². The first-order chi connectivity index (χ1) is 15.9. The number of aromatic nitrogens is 4. The predicted molar refractivity (Wildman–Crippen MR) is 122 cm³/mol. The number of halogens is 1. The Hall–Kier alpha value is -2.98. The Morgan fingerprint density at radius 3 is 2.82 bits per heavy atom. The van der Waals surface area contributed by atoms with E-state index in [-0.39, 0.29) is 24.9 Å². The molecule has 2 saturated heterocycles. The standard InChI is InChI=1S/C23H22ClN5O4/c1-23(2)32-18-16(10-30-13-5-3-12-4-6-17(25)28-15(12)9-13)31-22(19(18)33-23)29-8-7-14-20(24)26-11-27-21(14)29/h3-9,11,16,18-19,22H,10H2,1-2H3,(H2,25,28)/t16-,18?,19-,22-/m1/s1. The Morgan fingerprint density at radius 1 is 1.12 bits per heavy atom. The summed E-state index contributed by atoms with van der Waals surface area (Å²) >= 11 is 6.24. The topological polar surface area (TPSA) is 107 Å². The van der Waals surface area contributed by atoms with Crippen molar-refractivity contribution < 1.29 is 18.9 Å². The summed E-state index contributed by atoms with van der Waals surface area (Å²) in [7, 11) is 0. The second-order valence-corrected chi connectivity index (χ2v) is 9.01. The van der Waals surface area contributed by atoms with Crippen molar-refractivity contribution in [2.45, 2.75) is 44.2 Å². The molecule has 9 nitrogen and oxygen atoms in total. The number of rotatable bonds is 4. The summed E-state index contributed by atoms with van der Waals surface area (Å²) in [5.41, 5.74) is 7.26. The van der Waals surface area contributed by atoms with E-state index in [2.05, 4.69) is 15.0 Å². The Balaban J connectivity index is 1.27. The summed E-state index contributed by atoms with van der Waals surface area (Å²) in [6.07, 6.45) is 1.85. The third-order valence-corrected chi connectivity index (χ3v) is 6.26. The van der Waals surface area contributed by atoms with E-state index in [0.29, 0.717) is 22.4 Å². The predicted octanol–water partition coefficient (Wildman–Crippen LogP) is 3.71. The molecule has 0 saturated carbocycles. The summed E-state index contributed by atoms with van der Waals surface area (Å²) in [4.78, 5) is 12.8. The maximum Gasteiger partial charge on any atom is 0.164 e. The first-order valence-corrected chi connectivity index (χ1v) is 11.0. The third-order valence-electron chi connectivity index (χ3n) is 5.96. The molecule has 0 amide bonds. The lowest BCUT2D eigenvalue weighted by Gasteiger charge is -2.25. The van der Waals surface area contributed by atoms with E-state index < -0.39 is 12.0 Å². The van der Waals surface area contributed by atoms with Crippen molar-refractivity contribution in [2.75, 3.05) is 12.3 Å². The summed E-state index contributed by atoms with van der Waals surface area (Å²) in [6, 6.07) is 11.3. The lowest BCUT2D eigenvalue weighted by atomic mass is 10.1. The fraction of sp³-hybridized carbons (Fsp3) is 0.348. The second-order valence-electron chi connectivity index (χ2n) is 8.66. The molecule has 2 fully saturated rings. The highest BCUT2D eigenvalue weighted by Gasteiger charge is 2.56. The lowest BCUT2D eigenvalue weighted by Crippen LogP contribution is -2.33. The maximum absolute atomic E-state index is 6.39. The van der Waals surface area contributed by atoms with E-state index in [1.165, 1.54) is 6.33 Å². The van der Waals surface area contributed by atoms with E-state index in [9.17, 15) is 0 Å². The molecule has 2 aliphatic heterocycles. The highest BCUT2D eigenvalue weighted by atomic mass is 35.5. The van der Waals surface area contributed by atoms with Gasteiger partial charge in [0.05, 0.1) is 10.9 Å². The lowest BCUT2D eigenvalue weighted by molar-refractivity contribution is -0.198. The smallest absolute Gasteiger partial charge is 0.164 e. The summed E-state index contributed by atoms with van der Waals surface area (Å²) < 4.78 is 26.8. The summed E-state index contributed by atoms with van der Waals surface area (Å²) in [5, 5.41) is 2.13. The molecule has 5 heterocycles. The highest BCUT2D eigenvalue weighted by molar-refractivity contribution is 6.33. The summed E-state index contributed by atoms with van der Waals surface area (Å²) in [6.45, 7) is 4.07. The molecule has 2 aliphatic rings. The molecule has 10 heteroatoms. The van der Waals surface area contributed by atoms with Gasteiger partial charge in [-0.2, -0.15) is 0 Å². The van der Waals surface area contributed by atoms with Crippen LogP contribution in [0.3, 0.4) is 0 Å². The monoisotopic (exact) mass is 467 g/mol. The fourth-order valence-electron chi connectivity index (χ4n) is 4.54. The number of nitrogens with two attached hydrogens (primary N) is 1. The number of hydrogen-bond donors (Lipinski definition) is 1. The molecule has 4 atom stereocenters. The molecule has 170 valence electrons. The Morgan fingerprint density at radius 2 is 1.94 bits per heavy atom. The van der Waals surface area contributed by atoms with Crippen LogP contribution < -0.4 is 10.5 Å². The van der Waals surface area contributed by atoms with E-state index >= 15 is 0 Å². The molecule has 3 aromatic heterocycles. The molecule has 2 N–H and O–H groups in total. The molecule has 0 bridgehead atoms. The zero-order chi connectivity index (χ0) is 22.7. The number of ether oxygens (including phenoxy) is 4. The van der Waals surface area contributed by atoms with Gasteiger partial charge in [0.25, 0.3) is 0 Å². The van der Waals surface area contributed by atoms with Crippen LogP contribution in [0.2, 0.25) is 5.15 Å². The molecule has 0 spiro atoms. The highest BCUT2D eigenvalue weighted by Crippen LogP contribution is 2.44. The van der Waals surface area contributed by atoms with Crippen molar-refractivity contribution in [2.24, 2.45) is 0 Å². The van der Waals surface area contributed by atoms with Crippen molar-refractivity contribution >= 4 is 39.4 Å². The van der Waals surface area contributed by atoms with E-state index in [4.69, 9.17) is 36.3 Å². The van der Waals surface area contributed by atoms with Gasteiger partial charge in [-0.15, -0.1) is 0 Å². The minimum Gasteiger partial charge on any atom is -0.491 e. The SMILES string of the molecule is CC1(C)OC2[C@@H](O1)[C@H](n1ccc3c(Cl)ncnc31)O[C@@H]2COc1ccc2ccc(N)nc2c1. The Bertz CT molecular complexity index is 1360. The molecule has 4 aromatic rings. The van der Waals surface area contributed by atoms with Gasteiger partial charge in [0.15, 0.2) is 12.0 Å². The quantitative estimate of drug-likeness (QED) is 0.453. The fourth-order valence-corrected chi connectivity index (χ4v) is 4.73. The van der Waals surface area contributed by atoms with Crippen LogP contribution in [0.1, 0.15) is 20.1 Å². The van der Waals surface area contributed by atoms with Crippen LogP contribution in [0.5, 0.6) is 5.75 Å². The number of pyridine rings is 1. The second kappa shape index (κ2) is 7.53. The van der Waals surface area contributed by atoms with Crippen LogP contribution in [0.15, 0.2) is 48.9 Å². The van der Waals surface area contributed by atoms with Gasteiger partial charge in [-0.1, -0.05) is 11.6 Å². The minimum absolute atomic E-state index is 0.278. The molecular formula is C23H22ClN5O4. The van der Waals surface area contributed by atoms with Crippen LogP contribution in [0, 0.1) is 0 Å². The van der Waals surface area contributed by atoms with E-state index in [1.807, 2.05) is 54.9 Å². The molecule has 1 unspecified atom stereocenters. The first kappa shape index (κ1) is 20.6. The zero-order valence-electron chi connectivity index (χ0n) is 18.0. The average Bonchev–Trinajstić information content (AvgIpc) is 3.43. The number of nitrogen functional groups attached to an aromatic ring is 1. The number of hydrogen-bond acceptors (Lipinski definition) is 8. The molecule has 0 aliphatic carbocycles.